The zero-order valence-electron chi connectivity index (χ0n) is 22.9. The molecule has 208 valence electrons. The molecule has 0 bridgehead atoms. The molecule has 0 aromatic heterocycles. The molecule has 3 saturated heterocycles. The van der Waals surface area contributed by atoms with Crippen LogP contribution in [0, 0.1) is 13.8 Å². The molecule has 3 aliphatic rings. The Morgan fingerprint density at radius 1 is 0.946 bits per heavy atom. The summed E-state index contributed by atoms with van der Waals surface area (Å²) in [6.45, 7) is 9.88. The number of carbonyl (C=O) groups excluding carboxylic acids is 1. The lowest BCUT2D eigenvalue weighted by molar-refractivity contribution is -0.138. The monoisotopic (exact) mass is 536 g/mol. The molecule has 3 heterocycles. The maximum atomic E-state index is 13.7. The van der Waals surface area contributed by atoms with Gasteiger partial charge in [0, 0.05) is 44.8 Å². The molecular weight excluding hydrogens is 492 g/mol. The summed E-state index contributed by atoms with van der Waals surface area (Å²) in [5, 5.41) is 0. The number of methoxy groups -OCH3 is 1. The summed E-state index contributed by atoms with van der Waals surface area (Å²) in [4.78, 5) is 20.0. The van der Waals surface area contributed by atoms with Gasteiger partial charge in [-0.3, -0.25) is 9.69 Å². The van der Waals surface area contributed by atoms with E-state index in [1.165, 1.54) is 12.8 Å². The fourth-order valence-corrected chi connectivity index (χ4v) is 8.17. The Balaban J connectivity index is 1.30. The molecule has 1 aromatic carbocycles. The lowest BCUT2D eigenvalue weighted by Gasteiger charge is -2.42. The number of hydrogen-bond acceptors (Lipinski definition) is 7. The van der Waals surface area contributed by atoms with Crippen molar-refractivity contribution in [2.75, 3.05) is 73.2 Å². The Hall–Kier alpha value is -1.72. The van der Waals surface area contributed by atoms with Gasteiger partial charge in [0.25, 0.3) is 0 Å². The van der Waals surface area contributed by atoms with E-state index in [4.69, 9.17) is 9.47 Å². The molecule has 0 N–H and O–H groups in total. The van der Waals surface area contributed by atoms with Gasteiger partial charge in [0.1, 0.15) is 12.4 Å². The third kappa shape index (κ3) is 6.65. The summed E-state index contributed by atoms with van der Waals surface area (Å²) in [5.74, 6) is 0.647. The van der Waals surface area contributed by atoms with Crippen LogP contribution in [0.3, 0.4) is 0 Å². The van der Waals surface area contributed by atoms with Crippen LogP contribution in [0.1, 0.15) is 43.2 Å². The molecule has 4 rings (SSSR count). The van der Waals surface area contributed by atoms with Gasteiger partial charge in [-0.25, -0.2) is 8.42 Å². The summed E-state index contributed by atoms with van der Waals surface area (Å²) in [5.41, 5.74) is 1.35. The van der Waals surface area contributed by atoms with Crippen LogP contribution in [0.2, 0.25) is 0 Å². The normalized spacial score (nSPS) is 23.4. The molecule has 3 fully saturated rings. The van der Waals surface area contributed by atoms with Crippen LogP contribution in [-0.4, -0.2) is 119 Å². The molecule has 1 atom stereocenters. The standard InChI is InChI=1S/C27H44N4O5S/c1-21-17-25(35-4)18-22(2)27(21)37(33,34)31-10-6-5-7-24(31)19-36-20-26(32)30-15-13-29(14-16-30)23-8-11-28(3)12-9-23/h17-18,23-24H,5-16,19-20H2,1-4H3/t24-/m0/s1. The Bertz CT molecular complexity index is 1010. The minimum absolute atomic E-state index is 0.000791. The number of carbonyl (C=O) groups is 1. The quantitative estimate of drug-likeness (QED) is 0.503. The van der Waals surface area contributed by atoms with Crippen LogP contribution >= 0.6 is 0 Å². The Labute approximate surface area is 222 Å². The molecule has 1 amide bonds. The lowest BCUT2D eigenvalue weighted by atomic mass is 10.0. The molecule has 0 aliphatic carbocycles. The van der Waals surface area contributed by atoms with Gasteiger partial charge < -0.3 is 19.3 Å². The van der Waals surface area contributed by atoms with Crippen molar-refractivity contribution in [2.24, 2.45) is 0 Å². The maximum absolute atomic E-state index is 13.7. The number of benzene rings is 1. The summed E-state index contributed by atoms with van der Waals surface area (Å²) in [6, 6.07) is 3.89. The van der Waals surface area contributed by atoms with E-state index in [1.807, 2.05) is 18.7 Å². The lowest BCUT2D eigenvalue weighted by Crippen LogP contribution is -2.54. The fourth-order valence-electron chi connectivity index (χ4n) is 6.08. The third-order valence-electron chi connectivity index (χ3n) is 8.22. The fraction of sp³-hybridized carbons (Fsp3) is 0.741. The average Bonchev–Trinajstić information content (AvgIpc) is 2.88. The smallest absolute Gasteiger partial charge is 0.248 e. The second-order valence-electron chi connectivity index (χ2n) is 10.8. The van der Waals surface area contributed by atoms with Gasteiger partial charge in [0.05, 0.1) is 18.6 Å². The molecule has 3 aliphatic heterocycles. The van der Waals surface area contributed by atoms with Crippen LogP contribution in [0.4, 0.5) is 0 Å². The minimum atomic E-state index is -3.70. The zero-order chi connectivity index (χ0) is 26.6. The second kappa shape index (κ2) is 12.4. The number of rotatable bonds is 8. The zero-order valence-corrected chi connectivity index (χ0v) is 23.8. The number of piperazine rings is 1. The van der Waals surface area contributed by atoms with Crippen LogP contribution < -0.4 is 4.74 Å². The molecule has 0 saturated carbocycles. The van der Waals surface area contributed by atoms with Gasteiger partial charge in [-0.2, -0.15) is 4.31 Å². The number of aryl methyl sites for hydroxylation is 2. The number of amides is 1. The highest BCUT2D eigenvalue weighted by molar-refractivity contribution is 7.89. The predicted molar refractivity (Wildman–Crippen MR) is 143 cm³/mol. The molecule has 0 spiro atoms. The highest BCUT2D eigenvalue weighted by atomic mass is 32.2. The number of nitrogens with zero attached hydrogens (tertiary/aromatic N) is 4. The van der Waals surface area contributed by atoms with E-state index in [0.29, 0.717) is 34.4 Å². The first kappa shape index (κ1) is 28.3. The number of piperidine rings is 2. The Morgan fingerprint density at radius 3 is 2.22 bits per heavy atom. The van der Waals surface area contributed by atoms with E-state index in [-0.39, 0.29) is 25.2 Å². The van der Waals surface area contributed by atoms with Gasteiger partial charge >= 0.3 is 0 Å². The van der Waals surface area contributed by atoms with E-state index in [2.05, 4.69) is 16.8 Å². The number of ether oxygens (including phenoxy) is 2. The maximum Gasteiger partial charge on any atom is 0.248 e. The molecule has 37 heavy (non-hydrogen) atoms. The van der Waals surface area contributed by atoms with E-state index in [9.17, 15) is 13.2 Å². The molecule has 1 aromatic rings. The summed E-state index contributed by atoms with van der Waals surface area (Å²) < 4.78 is 40.2. The third-order valence-corrected chi connectivity index (χ3v) is 10.5. The van der Waals surface area contributed by atoms with Gasteiger partial charge in [0.15, 0.2) is 0 Å². The van der Waals surface area contributed by atoms with Crippen molar-refractivity contribution in [3.05, 3.63) is 23.3 Å². The van der Waals surface area contributed by atoms with Crippen molar-refractivity contribution in [1.29, 1.82) is 0 Å². The van der Waals surface area contributed by atoms with Gasteiger partial charge in [-0.15, -0.1) is 0 Å². The van der Waals surface area contributed by atoms with Crippen molar-refractivity contribution < 1.29 is 22.7 Å². The first-order chi connectivity index (χ1) is 17.7. The summed E-state index contributed by atoms with van der Waals surface area (Å²) in [6.07, 6.45) is 4.91. The van der Waals surface area contributed by atoms with Gasteiger partial charge in [-0.1, -0.05) is 6.42 Å². The molecule has 9 nitrogen and oxygen atoms in total. The number of likely N-dealkylation sites (tertiary alicyclic amines) is 1. The van der Waals surface area contributed by atoms with Crippen LogP contribution in [-0.2, 0) is 19.6 Å². The largest absolute Gasteiger partial charge is 0.497 e. The van der Waals surface area contributed by atoms with Crippen molar-refractivity contribution in [2.45, 2.75) is 62.9 Å². The van der Waals surface area contributed by atoms with E-state index >= 15 is 0 Å². The molecule has 0 unspecified atom stereocenters. The SMILES string of the molecule is COc1cc(C)c(S(=O)(=O)N2CCCC[C@H]2COCC(=O)N2CCN(C3CCN(C)CC3)CC2)c(C)c1. The number of hydrogen-bond donors (Lipinski definition) is 0. The van der Waals surface area contributed by atoms with E-state index in [1.54, 1.807) is 23.5 Å². The van der Waals surface area contributed by atoms with Crippen LogP contribution in [0.25, 0.3) is 0 Å². The van der Waals surface area contributed by atoms with E-state index < -0.39 is 10.0 Å². The predicted octanol–water partition coefficient (Wildman–Crippen LogP) is 2.11. The highest BCUT2D eigenvalue weighted by Crippen LogP contribution is 2.32. The van der Waals surface area contributed by atoms with E-state index in [0.717, 1.165) is 58.5 Å². The highest BCUT2D eigenvalue weighted by Gasteiger charge is 2.36. The van der Waals surface area contributed by atoms with Gasteiger partial charge in [-0.05, 0) is 82.9 Å². The minimum Gasteiger partial charge on any atom is -0.497 e. The molecular formula is C27H44N4O5S. The van der Waals surface area contributed by atoms with Crippen LogP contribution in [0.15, 0.2) is 17.0 Å². The Kier molecular flexibility index (Phi) is 9.50. The van der Waals surface area contributed by atoms with Crippen molar-refractivity contribution in [3.63, 3.8) is 0 Å². The Morgan fingerprint density at radius 2 is 1.59 bits per heavy atom. The first-order valence-electron chi connectivity index (χ1n) is 13.7. The summed E-state index contributed by atoms with van der Waals surface area (Å²) in [7, 11) is 0.0619. The van der Waals surface area contributed by atoms with Crippen molar-refractivity contribution in [3.8, 4) is 5.75 Å². The first-order valence-corrected chi connectivity index (χ1v) is 15.1. The molecule has 10 heteroatoms. The van der Waals surface area contributed by atoms with Gasteiger partial charge in [0.2, 0.25) is 15.9 Å². The molecule has 0 radical (unpaired) electrons. The topological polar surface area (TPSA) is 82.6 Å². The van der Waals surface area contributed by atoms with Crippen molar-refractivity contribution in [1.82, 2.24) is 19.0 Å². The van der Waals surface area contributed by atoms with Crippen molar-refractivity contribution >= 4 is 15.9 Å². The average molecular weight is 537 g/mol. The van der Waals surface area contributed by atoms with Crippen LogP contribution in [0.5, 0.6) is 5.75 Å². The number of sulfonamides is 1. The summed E-state index contributed by atoms with van der Waals surface area (Å²) >= 11 is 0. The second-order valence-corrected chi connectivity index (χ2v) is 12.6.